The second-order valence-corrected chi connectivity index (χ2v) is 6.65. The first-order chi connectivity index (χ1) is 10.3. The molecule has 0 spiro atoms. The van der Waals surface area contributed by atoms with Crippen LogP contribution in [0.2, 0.25) is 0 Å². The summed E-state index contributed by atoms with van der Waals surface area (Å²) in [5, 5.41) is 7.46. The second kappa shape index (κ2) is 5.37. The van der Waals surface area contributed by atoms with Crippen molar-refractivity contribution in [3.8, 4) is 11.5 Å². The maximum atomic E-state index is 5.59. The molecule has 2 saturated carbocycles. The Balaban J connectivity index is 1.38. The molecule has 2 aliphatic carbocycles. The normalized spacial score (nSPS) is 29.2. The van der Waals surface area contributed by atoms with Crippen LogP contribution in [0.25, 0.3) is 0 Å². The molecule has 112 valence electrons. The summed E-state index contributed by atoms with van der Waals surface area (Å²) in [4.78, 5) is 0. The lowest BCUT2D eigenvalue weighted by Crippen LogP contribution is -2.40. The SMILES string of the molecule is S=C(Nc1ccc2c(c1)OCCO2)N[C@H]1C[C@H]2CC[C@H]1C2. The summed E-state index contributed by atoms with van der Waals surface area (Å²) in [6.45, 7) is 1.22. The zero-order valence-electron chi connectivity index (χ0n) is 11.9. The smallest absolute Gasteiger partial charge is 0.171 e. The van der Waals surface area contributed by atoms with E-state index in [1.807, 2.05) is 18.2 Å². The highest BCUT2D eigenvalue weighted by atomic mass is 32.1. The molecule has 0 amide bonds. The van der Waals surface area contributed by atoms with Crippen LogP contribution in [0.3, 0.4) is 0 Å². The Morgan fingerprint density at radius 1 is 1.10 bits per heavy atom. The molecule has 1 aliphatic heterocycles. The zero-order valence-corrected chi connectivity index (χ0v) is 12.7. The van der Waals surface area contributed by atoms with Gasteiger partial charge in [0.2, 0.25) is 0 Å². The van der Waals surface area contributed by atoms with Crippen LogP contribution >= 0.6 is 12.2 Å². The minimum absolute atomic E-state index is 0.556. The van der Waals surface area contributed by atoms with Crippen molar-refractivity contribution in [1.29, 1.82) is 0 Å². The molecule has 0 saturated heterocycles. The van der Waals surface area contributed by atoms with Gasteiger partial charge in [-0.25, -0.2) is 0 Å². The lowest BCUT2D eigenvalue weighted by molar-refractivity contribution is 0.171. The Bertz CT molecular complexity index is 563. The van der Waals surface area contributed by atoms with E-state index in [2.05, 4.69) is 10.6 Å². The average molecular weight is 304 g/mol. The molecular weight excluding hydrogens is 284 g/mol. The Kier molecular flexibility index (Phi) is 3.37. The lowest BCUT2D eigenvalue weighted by atomic mass is 9.96. The summed E-state index contributed by atoms with van der Waals surface area (Å²) in [5.74, 6) is 3.33. The summed E-state index contributed by atoms with van der Waals surface area (Å²) in [6.07, 6.45) is 5.41. The van der Waals surface area contributed by atoms with Crippen LogP contribution in [0.15, 0.2) is 18.2 Å². The van der Waals surface area contributed by atoms with Gasteiger partial charge in [0, 0.05) is 17.8 Å². The highest BCUT2D eigenvalue weighted by Gasteiger charge is 2.39. The molecule has 1 aromatic rings. The molecule has 1 heterocycles. The van der Waals surface area contributed by atoms with Crippen LogP contribution in [0.4, 0.5) is 5.69 Å². The van der Waals surface area contributed by atoms with Crippen molar-refractivity contribution >= 4 is 23.0 Å². The summed E-state index contributed by atoms with van der Waals surface area (Å²) in [7, 11) is 0. The fourth-order valence-electron chi connectivity index (χ4n) is 3.88. The standard InChI is InChI=1S/C16H20N2O2S/c21-16(18-13-8-10-1-2-11(13)7-10)17-12-3-4-14-15(9-12)20-6-5-19-14/h3-4,9-11,13H,1-2,5-8H2,(H2,17,18,21)/t10-,11-,13-/m0/s1. The number of fused-ring (bicyclic) bond motifs is 3. The van der Waals surface area contributed by atoms with Crippen LogP contribution < -0.4 is 20.1 Å². The first-order valence-electron chi connectivity index (χ1n) is 7.75. The largest absolute Gasteiger partial charge is 0.486 e. The molecule has 0 radical (unpaired) electrons. The van der Waals surface area contributed by atoms with Gasteiger partial charge in [-0.2, -0.15) is 0 Å². The maximum Gasteiger partial charge on any atom is 0.171 e. The highest BCUT2D eigenvalue weighted by molar-refractivity contribution is 7.80. The number of rotatable bonds is 2. The first kappa shape index (κ1) is 13.2. The number of benzene rings is 1. The predicted molar refractivity (Wildman–Crippen MR) is 86.0 cm³/mol. The minimum atomic E-state index is 0.556. The van der Waals surface area contributed by atoms with E-state index in [1.165, 1.54) is 25.7 Å². The lowest BCUT2D eigenvalue weighted by Gasteiger charge is -2.25. The van der Waals surface area contributed by atoms with Crippen molar-refractivity contribution in [2.75, 3.05) is 18.5 Å². The monoisotopic (exact) mass is 304 g/mol. The minimum Gasteiger partial charge on any atom is -0.486 e. The van der Waals surface area contributed by atoms with Gasteiger partial charge < -0.3 is 20.1 Å². The van der Waals surface area contributed by atoms with Gasteiger partial charge in [-0.15, -0.1) is 0 Å². The maximum absolute atomic E-state index is 5.59. The van der Waals surface area contributed by atoms with Crippen molar-refractivity contribution in [2.24, 2.45) is 11.8 Å². The molecular formula is C16H20N2O2S. The van der Waals surface area contributed by atoms with Gasteiger partial charge >= 0.3 is 0 Å². The molecule has 0 unspecified atom stereocenters. The van der Waals surface area contributed by atoms with Gasteiger partial charge in [0.05, 0.1) is 0 Å². The van der Waals surface area contributed by atoms with E-state index in [9.17, 15) is 0 Å². The third-order valence-electron chi connectivity index (χ3n) is 4.85. The van der Waals surface area contributed by atoms with Crippen LogP contribution in [0.5, 0.6) is 11.5 Å². The molecule has 5 heteroatoms. The molecule has 3 aliphatic rings. The molecule has 0 aromatic heterocycles. The van der Waals surface area contributed by atoms with E-state index in [1.54, 1.807) is 0 Å². The number of hydrogen-bond donors (Lipinski definition) is 2. The van der Waals surface area contributed by atoms with Crippen LogP contribution in [-0.4, -0.2) is 24.4 Å². The molecule has 2 N–H and O–H groups in total. The number of ether oxygens (including phenoxy) is 2. The fourth-order valence-corrected chi connectivity index (χ4v) is 4.15. The quantitative estimate of drug-likeness (QED) is 0.822. The average Bonchev–Trinajstić information content (AvgIpc) is 3.09. The summed E-state index contributed by atoms with van der Waals surface area (Å²) >= 11 is 5.45. The van der Waals surface area contributed by atoms with Gasteiger partial charge in [-0.05, 0) is 55.4 Å². The van der Waals surface area contributed by atoms with Crippen LogP contribution in [0.1, 0.15) is 25.7 Å². The van der Waals surface area contributed by atoms with Crippen molar-refractivity contribution in [1.82, 2.24) is 5.32 Å². The van der Waals surface area contributed by atoms with Gasteiger partial charge in [0.25, 0.3) is 0 Å². The van der Waals surface area contributed by atoms with E-state index in [0.29, 0.717) is 24.4 Å². The summed E-state index contributed by atoms with van der Waals surface area (Å²) in [6, 6.07) is 6.41. The van der Waals surface area contributed by atoms with Crippen molar-refractivity contribution in [3.63, 3.8) is 0 Å². The van der Waals surface area contributed by atoms with E-state index in [4.69, 9.17) is 21.7 Å². The number of hydrogen-bond acceptors (Lipinski definition) is 3. The Hall–Kier alpha value is -1.49. The van der Waals surface area contributed by atoms with E-state index < -0.39 is 0 Å². The number of anilines is 1. The van der Waals surface area contributed by atoms with Gasteiger partial charge in [-0.3, -0.25) is 0 Å². The highest BCUT2D eigenvalue weighted by Crippen LogP contribution is 2.44. The summed E-state index contributed by atoms with van der Waals surface area (Å²) in [5.41, 5.74) is 0.944. The molecule has 2 fully saturated rings. The Labute approximate surface area is 130 Å². The van der Waals surface area contributed by atoms with Gasteiger partial charge in [-0.1, -0.05) is 6.42 Å². The molecule has 1 aromatic carbocycles. The van der Waals surface area contributed by atoms with Crippen molar-refractivity contribution in [3.05, 3.63) is 18.2 Å². The molecule has 4 nitrogen and oxygen atoms in total. The van der Waals surface area contributed by atoms with Crippen molar-refractivity contribution in [2.45, 2.75) is 31.7 Å². The molecule has 21 heavy (non-hydrogen) atoms. The molecule has 3 atom stereocenters. The van der Waals surface area contributed by atoms with Crippen LogP contribution in [-0.2, 0) is 0 Å². The second-order valence-electron chi connectivity index (χ2n) is 6.24. The number of thiocarbonyl (C=S) groups is 1. The first-order valence-corrected chi connectivity index (χ1v) is 8.16. The van der Waals surface area contributed by atoms with E-state index in [0.717, 1.165) is 29.0 Å². The predicted octanol–water partition coefficient (Wildman–Crippen LogP) is 2.93. The zero-order chi connectivity index (χ0) is 14.2. The fraction of sp³-hybridized carbons (Fsp3) is 0.562. The van der Waals surface area contributed by atoms with Gasteiger partial charge in [0.15, 0.2) is 16.6 Å². The Morgan fingerprint density at radius 3 is 2.71 bits per heavy atom. The number of nitrogens with one attached hydrogen (secondary N) is 2. The third kappa shape index (κ3) is 2.67. The van der Waals surface area contributed by atoms with E-state index in [-0.39, 0.29) is 0 Å². The van der Waals surface area contributed by atoms with Gasteiger partial charge in [0.1, 0.15) is 13.2 Å². The van der Waals surface area contributed by atoms with Crippen LogP contribution in [0, 0.1) is 11.8 Å². The van der Waals surface area contributed by atoms with E-state index >= 15 is 0 Å². The van der Waals surface area contributed by atoms with Crippen molar-refractivity contribution < 1.29 is 9.47 Å². The topological polar surface area (TPSA) is 42.5 Å². The molecule has 2 bridgehead atoms. The Morgan fingerprint density at radius 2 is 1.95 bits per heavy atom. The third-order valence-corrected chi connectivity index (χ3v) is 5.07. The molecule has 4 rings (SSSR count). The summed E-state index contributed by atoms with van der Waals surface area (Å²) < 4.78 is 11.1.